The monoisotopic (exact) mass is 666 g/mol. The zero-order chi connectivity index (χ0) is 32.2. The van der Waals surface area contributed by atoms with Crippen LogP contribution in [0.4, 0.5) is 35.1 Å². The molecule has 0 rings (SSSR count). The third kappa shape index (κ3) is 12.4. The van der Waals surface area contributed by atoms with Crippen LogP contribution in [0.25, 0.3) is 0 Å². The van der Waals surface area contributed by atoms with Crippen LogP contribution in [0, 0.1) is 0 Å². The van der Waals surface area contributed by atoms with Crippen LogP contribution in [-0.2, 0) is 31.4 Å². The van der Waals surface area contributed by atoms with Crippen LogP contribution >= 0.6 is 0 Å². The lowest BCUT2D eigenvalue weighted by Crippen LogP contribution is -2.62. The summed E-state index contributed by atoms with van der Waals surface area (Å²) in [7, 11) is -9.77. The molecule has 0 N–H and O–H groups in total. The Kier molecular flexibility index (Phi) is 12.7. The molecule has 0 aromatic carbocycles. The molecule has 0 aromatic rings. The summed E-state index contributed by atoms with van der Waals surface area (Å²) in [6.07, 6.45) is -6.02. The van der Waals surface area contributed by atoms with Crippen LogP contribution in [0.15, 0.2) is 12.2 Å². The molecule has 0 heterocycles. The van der Waals surface area contributed by atoms with E-state index in [1.165, 1.54) is 0 Å². The van der Waals surface area contributed by atoms with Crippen molar-refractivity contribution in [3.05, 3.63) is 12.2 Å². The van der Waals surface area contributed by atoms with Crippen molar-refractivity contribution in [2.75, 3.05) is 6.61 Å². The largest absolute Gasteiger partial charge is 0.473 e. The minimum atomic E-state index is -6.77. The zero-order valence-corrected chi connectivity index (χ0v) is 28.2. The standard InChI is InChI=1S/C21H38F8O7Si4/c1-18(22,23)19(24,25)20(26,27)21(28,29)33-17(31)13-12-16(30)32-14-11-15-40(34-37(2,3)4,35-38(5,6)7)36-39(8,9)10/h12-13H,11,14-15H2,1-10H3. The highest BCUT2D eigenvalue weighted by Gasteiger charge is 2.81. The normalized spacial score (nSPS) is 14.9. The molecule has 0 spiro atoms. The fourth-order valence-electron chi connectivity index (χ4n) is 2.94. The van der Waals surface area contributed by atoms with Crippen molar-refractivity contribution in [3.63, 3.8) is 0 Å². The van der Waals surface area contributed by atoms with Crippen molar-refractivity contribution in [2.45, 2.75) is 102 Å². The van der Waals surface area contributed by atoms with Gasteiger partial charge in [-0.3, -0.25) is 0 Å². The zero-order valence-electron chi connectivity index (χ0n) is 24.2. The van der Waals surface area contributed by atoms with Crippen LogP contribution in [0.5, 0.6) is 0 Å². The van der Waals surface area contributed by atoms with Crippen molar-refractivity contribution in [1.82, 2.24) is 0 Å². The smallest absolute Gasteiger partial charge is 0.463 e. The first-order valence-corrected chi connectivity index (χ1v) is 24.2. The van der Waals surface area contributed by atoms with E-state index in [1.807, 2.05) is 58.9 Å². The quantitative estimate of drug-likeness (QED) is 0.0576. The van der Waals surface area contributed by atoms with Crippen molar-refractivity contribution < 1.29 is 66.5 Å². The number of hydrogen-bond donors (Lipinski definition) is 0. The van der Waals surface area contributed by atoms with Gasteiger partial charge >= 0.3 is 44.6 Å². The molecule has 19 heteroatoms. The van der Waals surface area contributed by atoms with Gasteiger partial charge in [0.1, 0.15) is 0 Å². The maximum Gasteiger partial charge on any atom is 0.473 e. The first-order valence-electron chi connectivity index (χ1n) is 12.1. The predicted octanol–water partition coefficient (Wildman–Crippen LogP) is 7.03. The summed E-state index contributed by atoms with van der Waals surface area (Å²) in [4.78, 5) is 23.3. The van der Waals surface area contributed by atoms with Crippen LogP contribution < -0.4 is 0 Å². The third-order valence-corrected chi connectivity index (χ3v) is 16.2. The Bertz CT molecular complexity index is 868. The maximum absolute atomic E-state index is 13.5. The maximum atomic E-state index is 13.5. The van der Waals surface area contributed by atoms with Gasteiger partial charge in [-0.1, -0.05) is 0 Å². The van der Waals surface area contributed by atoms with Gasteiger partial charge in [0.05, 0.1) is 6.61 Å². The minimum Gasteiger partial charge on any atom is -0.463 e. The number of carbonyl (C=O) groups excluding carboxylic acids is 2. The van der Waals surface area contributed by atoms with E-state index in [9.17, 15) is 44.7 Å². The Balaban J connectivity index is 5.37. The topological polar surface area (TPSA) is 80.3 Å². The molecular formula is C21H38F8O7Si4. The number of rotatable bonds is 16. The van der Waals surface area contributed by atoms with E-state index >= 15 is 0 Å². The van der Waals surface area contributed by atoms with Gasteiger partial charge in [-0.15, -0.1) is 0 Å². The predicted molar refractivity (Wildman–Crippen MR) is 140 cm³/mol. The molecule has 0 atom stereocenters. The molecule has 0 aliphatic heterocycles. The van der Waals surface area contributed by atoms with E-state index in [2.05, 4.69) is 4.74 Å². The van der Waals surface area contributed by atoms with Crippen LogP contribution in [0.3, 0.4) is 0 Å². The molecule has 0 aliphatic rings. The second-order valence-corrected chi connectivity index (χ2v) is 28.9. The molecule has 40 heavy (non-hydrogen) atoms. The van der Waals surface area contributed by atoms with Gasteiger partial charge in [0.25, 0.3) is 0 Å². The lowest BCUT2D eigenvalue weighted by atomic mass is 10.1. The molecule has 0 radical (unpaired) electrons. The highest BCUT2D eigenvalue weighted by molar-refractivity contribution is 6.90. The second-order valence-electron chi connectivity index (χ2n) is 11.9. The first kappa shape index (κ1) is 38.9. The summed E-state index contributed by atoms with van der Waals surface area (Å²) in [5, 5.41) is 0. The fraction of sp³-hybridized carbons (Fsp3) is 0.810. The van der Waals surface area contributed by atoms with Crippen molar-refractivity contribution in [3.8, 4) is 0 Å². The Morgan fingerprint density at radius 3 is 1.38 bits per heavy atom. The summed E-state index contributed by atoms with van der Waals surface area (Å²) in [5.74, 6) is -22.6. The fourth-order valence-corrected chi connectivity index (χ4v) is 17.6. The third-order valence-electron chi connectivity index (χ3n) is 4.15. The highest BCUT2D eigenvalue weighted by atomic mass is 28.5. The highest BCUT2D eigenvalue weighted by Crippen LogP contribution is 2.52. The summed E-state index contributed by atoms with van der Waals surface area (Å²) >= 11 is 0. The molecule has 0 fully saturated rings. The molecule has 0 saturated carbocycles. The number of carbonyl (C=O) groups is 2. The van der Waals surface area contributed by atoms with Gasteiger partial charge < -0.3 is 21.8 Å². The van der Waals surface area contributed by atoms with Gasteiger partial charge in [0.2, 0.25) is 0 Å². The van der Waals surface area contributed by atoms with Crippen molar-refractivity contribution in [2.24, 2.45) is 0 Å². The van der Waals surface area contributed by atoms with Crippen molar-refractivity contribution >= 4 is 45.7 Å². The molecule has 7 nitrogen and oxygen atoms in total. The van der Waals surface area contributed by atoms with E-state index in [0.717, 1.165) is 0 Å². The first-order chi connectivity index (χ1) is 17.4. The van der Waals surface area contributed by atoms with Gasteiger partial charge in [-0.05, 0) is 65.3 Å². The molecule has 0 aliphatic carbocycles. The molecular weight excluding hydrogens is 629 g/mol. The molecule has 0 aromatic heterocycles. The average molecular weight is 667 g/mol. The number of halogens is 8. The number of ether oxygens (including phenoxy) is 2. The number of esters is 2. The van der Waals surface area contributed by atoms with E-state index in [1.54, 1.807) is 0 Å². The van der Waals surface area contributed by atoms with Crippen LogP contribution in [-0.4, -0.2) is 76.2 Å². The van der Waals surface area contributed by atoms with Crippen LogP contribution in [0.1, 0.15) is 13.3 Å². The second kappa shape index (κ2) is 13.0. The van der Waals surface area contributed by atoms with E-state index in [-0.39, 0.29) is 31.2 Å². The van der Waals surface area contributed by atoms with Gasteiger partial charge in [-0.25, -0.2) is 9.59 Å². The van der Waals surface area contributed by atoms with E-state index in [0.29, 0.717) is 0 Å². The number of hydrogen-bond acceptors (Lipinski definition) is 7. The molecule has 0 amide bonds. The summed E-state index contributed by atoms with van der Waals surface area (Å²) in [5.41, 5.74) is 0. The lowest BCUT2D eigenvalue weighted by molar-refractivity contribution is -0.413. The average Bonchev–Trinajstić information content (AvgIpc) is 2.64. The lowest BCUT2D eigenvalue weighted by Gasteiger charge is -2.42. The summed E-state index contributed by atoms with van der Waals surface area (Å²) in [6, 6.07) is 0.266. The van der Waals surface area contributed by atoms with Crippen LogP contribution in [0.2, 0.25) is 65.0 Å². The van der Waals surface area contributed by atoms with E-state index in [4.69, 9.17) is 17.1 Å². The van der Waals surface area contributed by atoms with Gasteiger partial charge in [0, 0.05) is 25.1 Å². The number of alkyl halides is 8. The Labute approximate surface area is 233 Å². The van der Waals surface area contributed by atoms with Gasteiger partial charge in [-0.2, -0.15) is 35.1 Å². The van der Waals surface area contributed by atoms with Gasteiger partial charge in [0.15, 0.2) is 25.0 Å². The van der Waals surface area contributed by atoms with Crippen molar-refractivity contribution in [1.29, 1.82) is 0 Å². The van der Waals surface area contributed by atoms with E-state index < -0.39 is 76.5 Å². The minimum absolute atomic E-state index is 0.0927. The molecule has 0 saturated heterocycles. The summed E-state index contributed by atoms with van der Waals surface area (Å²) in [6.45, 7) is 16.7. The Morgan fingerprint density at radius 2 is 1.02 bits per heavy atom. The SMILES string of the molecule is CC(F)(F)C(F)(F)C(F)(F)C(F)(F)OC(=O)C=CC(=O)OCCC[Si](O[Si](C)(C)C)(O[Si](C)(C)C)O[Si](C)(C)C. The molecule has 236 valence electrons. The Morgan fingerprint density at radius 1 is 0.650 bits per heavy atom. The Hall–Kier alpha value is -1.13. The molecule has 0 unspecified atom stereocenters. The molecule has 0 bridgehead atoms. The summed E-state index contributed by atoms with van der Waals surface area (Å²) < 4.78 is 133.